The summed E-state index contributed by atoms with van der Waals surface area (Å²) in [5, 5.41) is 0. The van der Waals surface area contributed by atoms with Crippen LogP contribution in [0, 0.1) is 5.92 Å². The Balaban J connectivity index is 1.98. The lowest BCUT2D eigenvalue weighted by Crippen LogP contribution is -2.54. The van der Waals surface area contributed by atoms with Gasteiger partial charge in [-0.2, -0.15) is 0 Å². The van der Waals surface area contributed by atoms with E-state index in [4.69, 9.17) is 4.74 Å². The fourth-order valence-electron chi connectivity index (χ4n) is 3.27. The van der Waals surface area contributed by atoms with E-state index in [1.807, 2.05) is 6.07 Å². The van der Waals surface area contributed by atoms with Crippen molar-refractivity contribution in [1.82, 2.24) is 0 Å². The second kappa shape index (κ2) is 5.31. The van der Waals surface area contributed by atoms with Crippen molar-refractivity contribution >= 4 is 31.5 Å². The summed E-state index contributed by atoms with van der Waals surface area (Å²) in [6.07, 6.45) is 2.12. The van der Waals surface area contributed by atoms with Gasteiger partial charge in [0.1, 0.15) is 9.84 Å². The van der Waals surface area contributed by atoms with Crippen LogP contribution in [-0.4, -0.2) is 46.2 Å². The maximum atomic E-state index is 11.7. The molecule has 2 heterocycles. The molecule has 4 nitrogen and oxygen atoms in total. The second-order valence-electron chi connectivity index (χ2n) is 5.67. The minimum absolute atomic E-state index is 0.110. The Labute approximate surface area is 128 Å². The Bertz CT molecular complexity index is 617. The van der Waals surface area contributed by atoms with E-state index in [0.29, 0.717) is 13.2 Å². The van der Waals surface area contributed by atoms with Crippen molar-refractivity contribution < 1.29 is 13.2 Å². The Hall–Kier alpha value is -0.590. The van der Waals surface area contributed by atoms with Gasteiger partial charge in [-0.1, -0.05) is 22.0 Å². The quantitative estimate of drug-likeness (QED) is 0.808. The van der Waals surface area contributed by atoms with Gasteiger partial charge in [0.05, 0.1) is 25.0 Å². The average Bonchev–Trinajstić information content (AvgIpc) is 2.38. The lowest BCUT2D eigenvalue weighted by molar-refractivity contribution is 0.0756. The number of sulfone groups is 1. The zero-order valence-electron chi connectivity index (χ0n) is 11.4. The lowest BCUT2D eigenvalue weighted by atomic mass is 9.86. The van der Waals surface area contributed by atoms with Crippen molar-refractivity contribution in [2.75, 3.05) is 36.7 Å². The minimum Gasteiger partial charge on any atom is -0.377 e. The lowest BCUT2D eigenvalue weighted by Gasteiger charge is -2.46. The topological polar surface area (TPSA) is 46.6 Å². The molecule has 0 bridgehead atoms. The predicted octanol–water partition coefficient (Wildman–Crippen LogP) is 1.87. The molecule has 0 N–H and O–H groups in total. The number of fused-ring (bicyclic) bond motifs is 3. The summed E-state index contributed by atoms with van der Waals surface area (Å²) in [6, 6.07) is 6.42. The van der Waals surface area contributed by atoms with Gasteiger partial charge in [0.25, 0.3) is 0 Å². The van der Waals surface area contributed by atoms with Crippen LogP contribution < -0.4 is 4.90 Å². The Morgan fingerprint density at radius 1 is 1.45 bits per heavy atom. The summed E-state index contributed by atoms with van der Waals surface area (Å²) < 4.78 is 30.0. The van der Waals surface area contributed by atoms with Crippen molar-refractivity contribution in [3.05, 3.63) is 28.2 Å². The van der Waals surface area contributed by atoms with E-state index in [2.05, 4.69) is 33.0 Å². The summed E-state index contributed by atoms with van der Waals surface area (Å²) in [5.74, 6) is 0.339. The maximum absolute atomic E-state index is 11.7. The largest absolute Gasteiger partial charge is 0.377 e. The number of morpholine rings is 1. The monoisotopic (exact) mass is 359 g/mol. The summed E-state index contributed by atoms with van der Waals surface area (Å²) in [4.78, 5) is 2.32. The number of nitrogens with zero attached hydrogens (tertiary/aromatic N) is 1. The third-order valence-electron chi connectivity index (χ3n) is 4.07. The molecule has 20 heavy (non-hydrogen) atoms. The molecule has 110 valence electrons. The number of halogens is 1. The molecule has 1 fully saturated rings. The van der Waals surface area contributed by atoms with Gasteiger partial charge < -0.3 is 9.64 Å². The van der Waals surface area contributed by atoms with Crippen LogP contribution in [0.15, 0.2) is 22.7 Å². The van der Waals surface area contributed by atoms with E-state index in [-0.39, 0.29) is 17.7 Å². The van der Waals surface area contributed by atoms with Gasteiger partial charge in [-0.3, -0.25) is 0 Å². The molecule has 0 amide bonds. The van der Waals surface area contributed by atoms with Gasteiger partial charge in [0.2, 0.25) is 0 Å². The van der Waals surface area contributed by atoms with Crippen LogP contribution in [0.1, 0.15) is 5.56 Å². The Morgan fingerprint density at radius 3 is 3.00 bits per heavy atom. The molecular weight excluding hydrogens is 342 g/mol. The molecule has 0 aromatic heterocycles. The molecule has 3 rings (SSSR count). The highest BCUT2D eigenvalue weighted by Crippen LogP contribution is 2.37. The standard InChI is InChI=1S/C14H18BrNO3S/c1-20(17,18)9-11-6-10-2-3-12(15)7-13(10)16-4-5-19-8-14(11)16/h2-3,7,11,14H,4-6,8-9H2,1H3. The first-order valence-electron chi connectivity index (χ1n) is 6.74. The van der Waals surface area contributed by atoms with Gasteiger partial charge in [-0.25, -0.2) is 8.42 Å². The molecule has 2 aliphatic heterocycles. The summed E-state index contributed by atoms with van der Waals surface area (Å²) in [5.41, 5.74) is 2.46. The number of hydrogen-bond donors (Lipinski definition) is 0. The number of benzene rings is 1. The van der Waals surface area contributed by atoms with E-state index < -0.39 is 9.84 Å². The molecule has 6 heteroatoms. The molecule has 0 spiro atoms. The molecule has 0 aliphatic carbocycles. The summed E-state index contributed by atoms with van der Waals surface area (Å²) in [7, 11) is -2.98. The van der Waals surface area contributed by atoms with Gasteiger partial charge in [-0.15, -0.1) is 0 Å². The van der Waals surface area contributed by atoms with Crippen LogP contribution in [0.2, 0.25) is 0 Å². The fourth-order valence-corrected chi connectivity index (χ4v) is 4.73. The van der Waals surface area contributed by atoms with Gasteiger partial charge >= 0.3 is 0 Å². The van der Waals surface area contributed by atoms with Crippen LogP contribution in [0.25, 0.3) is 0 Å². The van der Waals surface area contributed by atoms with Gasteiger partial charge in [-0.05, 0) is 30.0 Å². The molecule has 0 radical (unpaired) electrons. The molecule has 1 aromatic carbocycles. The van der Waals surface area contributed by atoms with E-state index in [9.17, 15) is 8.42 Å². The third-order valence-corrected chi connectivity index (χ3v) is 5.59. The molecular formula is C14H18BrNO3S. The van der Waals surface area contributed by atoms with Crippen LogP contribution in [0.5, 0.6) is 0 Å². The Kier molecular flexibility index (Phi) is 3.81. The molecule has 2 atom stereocenters. The van der Waals surface area contributed by atoms with Crippen LogP contribution >= 0.6 is 15.9 Å². The first kappa shape index (κ1) is 14.4. The van der Waals surface area contributed by atoms with Crippen LogP contribution in [0.4, 0.5) is 5.69 Å². The number of hydrogen-bond acceptors (Lipinski definition) is 4. The van der Waals surface area contributed by atoms with Crippen molar-refractivity contribution in [3.8, 4) is 0 Å². The molecule has 2 aliphatic rings. The summed E-state index contributed by atoms with van der Waals surface area (Å²) in [6.45, 7) is 2.15. The maximum Gasteiger partial charge on any atom is 0.147 e. The SMILES string of the molecule is CS(=O)(=O)CC1Cc2ccc(Br)cc2N2CCOCC12. The van der Waals surface area contributed by atoms with Crippen molar-refractivity contribution in [2.45, 2.75) is 12.5 Å². The fraction of sp³-hybridized carbons (Fsp3) is 0.571. The highest BCUT2D eigenvalue weighted by atomic mass is 79.9. The van der Waals surface area contributed by atoms with E-state index in [1.165, 1.54) is 17.5 Å². The van der Waals surface area contributed by atoms with Crippen LogP contribution in [-0.2, 0) is 21.0 Å². The normalized spacial score (nSPS) is 26.0. The molecule has 1 saturated heterocycles. The van der Waals surface area contributed by atoms with E-state index in [0.717, 1.165) is 17.4 Å². The van der Waals surface area contributed by atoms with E-state index in [1.54, 1.807) is 0 Å². The van der Waals surface area contributed by atoms with Gasteiger partial charge in [0.15, 0.2) is 0 Å². The molecule has 2 unspecified atom stereocenters. The zero-order chi connectivity index (χ0) is 14.3. The number of rotatable bonds is 2. The van der Waals surface area contributed by atoms with Crippen molar-refractivity contribution in [3.63, 3.8) is 0 Å². The Morgan fingerprint density at radius 2 is 2.25 bits per heavy atom. The van der Waals surface area contributed by atoms with E-state index >= 15 is 0 Å². The first-order chi connectivity index (χ1) is 9.44. The predicted molar refractivity (Wildman–Crippen MR) is 83.0 cm³/mol. The number of ether oxygens (including phenoxy) is 1. The smallest absolute Gasteiger partial charge is 0.147 e. The second-order valence-corrected chi connectivity index (χ2v) is 8.77. The first-order valence-corrected chi connectivity index (χ1v) is 9.60. The van der Waals surface area contributed by atoms with Crippen molar-refractivity contribution in [2.24, 2.45) is 5.92 Å². The molecule has 0 saturated carbocycles. The van der Waals surface area contributed by atoms with Crippen LogP contribution in [0.3, 0.4) is 0 Å². The van der Waals surface area contributed by atoms with Gasteiger partial charge in [0, 0.05) is 23.0 Å². The third kappa shape index (κ3) is 2.87. The highest BCUT2D eigenvalue weighted by molar-refractivity contribution is 9.10. The average molecular weight is 360 g/mol. The highest BCUT2D eigenvalue weighted by Gasteiger charge is 2.37. The zero-order valence-corrected chi connectivity index (χ0v) is 13.8. The molecule has 1 aromatic rings. The van der Waals surface area contributed by atoms with Crippen molar-refractivity contribution in [1.29, 1.82) is 0 Å². The summed E-state index contributed by atoms with van der Waals surface area (Å²) >= 11 is 3.52. The minimum atomic E-state index is -2.98. The number of anilines is 1.